The molecule has 0 aliphatic heterocycles. The predicted molar refractivity (Wildman–Crippen MR) is 86.8 cm³/mol. The third kappa shape index (κ3) is 4.16. The van der Waals surface area contributed by atoms with E-state index in [0.717, 1.165) is 21.5 Å². The fourth-order valence-electron chi connectivity index (χ4n) is 1.70. The molecule has 0 bridgehead atoms. The fourth-order valence-corrected chi connectivity index (χ4v) is 1.96. The molecule has 0 fully saturated rings. The normalized spacial score (nSPS) is 11.1. The Morgan fingerprint density at radius 3 is 2.19 bits per heavy atom. The zero-order valence-electron chi connectivity index (χ0n) is 11.8. The first-order valence-corrected chi connectivity index (χ1v) is 7.14. The average molecular weight is 347 g/mol. The second-order valence-corrected chi connectivity index (χ2v) is 5.29. The fraction of sp³-hybridized carbons (Fsp3) is 0.125. The first-order valence-electron chi connectivity index (χ1n) is 6.35. The van der Waals surface area contributed by atoms with E-state index in [0.29, 0.717) is 5.56 Å². The van der Waals surface area contributed by atoms with Crippen LogP contribution in [0.3, 0.4) is 0 Å². The molecule has 0 aliphatic carbocycles. The smallest absolute Gasteiger partial charge is 0.271 e. The molecule has 1 N–H and O–H groups in total. The number of nitrogens with one attached hydrogen (secondary N) is 1. The number of halogens is 1. The summed E-state index contributed by atoms with van der Waals surface area (Å²) in [5.74, 6) is 0.542. The highest BCUT2D eigenvalue weighted by molar-refractivity contribution is 9.10. The van der Waals surface area contributed by atoms with Gasteiger partial charge in [0.25, 0.3) is 5.91 Å². The number of hydrogen-bond donors (Lipinski definition) is 1. The van der Waals surface area contributed by atoms with E-state index in [2.05, 4.69) is 26.5 Å². The molecule has 21 heavy (non-hydrogen) atoms. The number of ether oxygens (including phenoxy) is 1. The first kappa shape index (κ1) is 15.3. The largest absolute Gasteiger partial charge is 0.497 e. The third-order valence-corrected chi connectivity index (χ3v) is 3.47. The molecular formula is C16H15BrN2O2. The van der Waals surface area contributed by atoms with Crippen LogP contribution in [0, 0.1) is 0 Å². The number of carbonyl (C=O) groups excluding carboxylic acids is 1. The van der Waals surface area contributed by atoms with E-state index in [9.17, 15) is 4.79 Å². The monoisotopic (exact) mass is 346 g/mol. The quantitative estimate of drug-likeness (QED) is 0.679. The molecule has 108 valence electrons. The van der Waals surface area contributed by atoms with E-state index in [-0.39, 0.29) is 5.91 Å². The standard InChI is InChI=1S/C16H15BrN2O2/c1-11(12-5-9-15(21-2)10-6-12)18-19-16(20)13-3-7-14(17)8-4-13/h3-10H,1-2H3,(H,19,20). The Hall–Kier alpha value is -2.14. The average Bonchev–Trinajstić information content (AvgIpc) is 2.53. The molecule has 0 heterocycles. The van der Waals surface area contributed by atoms with Gasteiger partial charge in [-0.1, -0.05) is 15.9 Å². The number of hydrogen-bond acceptors (Lipinski definition) is 3. The molecule has 2 rings (SSSR count). The van der Waals surface area contributed by atoms with Crippen LogP contribution in [0.25, 0.3) is 0 Å². The van der Waals surface area contributed by atoms with Gasteiger partial charge in [-0.25, -0.2) is 5.43 Å². The van der Waals surface area contributed by atoms with Crippen LogP contribution in [0.15, 0.2) is 58.1 Å². The van der Waals surface area contributed by atoms with Crippen molar-refractivity contribution in [3.8, 4) is 5.75 Å². The van der Waals surface area contributed by atoms with Crippen molar-refractivity contribution in [2.45, 2.75) is 6.92 Å². The van der Waals surface area contributed by atoms with E-state index in [1.165, 1.54) is 0 Å². The minimum absolute atomic E-state index is 0.240. The lowest BCUT2D eigenvalue weighted by Gasteiger charge is -2.04. The van der Waals surface area contributed by atoms with Crippen molar-refractivity contribution < 1.29 is 9.53 Å². The Labute approximate surface area is 132 Å². The van der Waals surface area contributed by atoms with Crippen LogP contribution in [0.2, 0.25) is 0 Å². The van der Waals surface area contributed by atoms with Crippen LogP contribution in [-0.2, 0) is 0 Å². The lowest BCUT2D eigenvalue weighted by atomic mass is 10.1. The van der Waals surface area contributed by atoms with Gasteiger partial charge in [-0.3, -0.25) is 4.79 Å². The van der Waals surface area contributed by atoms with Gasteiger partial charge >= 0.3 is 0 Å². The van der Waals surface area contributed by atoms with Crippen molar-refractivity contribution in [1.82, 2.24) is 5.43 Å². The minimum Gasteiger partial charge on any atom is -0.497 e. The topological polar surface area (TPSA) is 50.7 Å². The number of nitrogens with zero attached hydrogens (tertiary/aromatic N) is 1. The van der Waals surface area contributed by atoms with Crippen LogP contribution in [0.5, 0.6) is 5.75 Å². The third-order valence-electron chi connectivity index (χ3n) is 2.94. The van der Waals surface area contributed by atoms with Gasteiger partial charge in [0.2, 0.25) is 0 Å². The van der Waals surface area contributed by atoms with E-state index in [1.807, 2.05) is 43.3 Å². The summed E-state index contributed by atoms with van der Waals surface area (Å²) in [5, 5.41) is 4.11. The molecule has 0 radical (unpaired) electrons. The number of amides is 1. The van der Waals surface area contributed by atoms with E-state index < -0.39 is 0 Å². The summed E-state index contributed by atoms with van der Waals surface area (Å²) in [6.07, 6.45) is 0. The van der Waals surface area contributed by atoms with Crippen molar-refractivity contribution in [3.63, 3.8) is 0 Å². The summed E-state index contributed by atoms with van der Waals surface area (Å²) in [4.78, 5) is 11.9. The van der Waals surface area contributed by atoms with E-state index >= 15 is 0 Å². The Bertz CT molecular complexity index is 649. The van der Waals surface area contributed by atoms with Crippen LogP contribution in [0.4, 0.5) is 0 Å². The molecule has 0 aliphatic rings. The first-order chi connectivity index (χ1) is 10.1. The van der Waals surface area contributed by atoms with Crippen LogP contribution >= 0.6 is 15.9 Å². The number of benzene rings is 2. The van der Waals surface area contributed by atoms with Crippen LogP contribution < -0.4 is 10.2 Å². The molecule has 1 amide bonds. The zero-order valence-corrected chi connectivity index (χ0v) is 13.3. The maximum atomic E-state index is 11.9. The van der Waals surface area contributed by atoms with Gasteiger partial charge in [0.05, 0.1) is 12.8 Å². The SMILES string of the molecule is COc1ccc(C(C)=NNC(=O)c2ccc(Br)cc2)cc1. The van der Waals surface area contributed by atoms with Crippen molar-refractivity contribution in [2.75, 3.05) is 7.11 Å². The molecule has 0 saturated heterocycles. The van der Waals surface area contributed by atoms with Crippen molar-refractivity contribution >= 4 is 27.5 Å². The Balaban J connectivity index is 2.05. The number of methoxy groups -OCH3 is 1. The van der Waals surface area contributed by atoms with Crippen molar-refractivity contribution in [1.29, 1.82) is 0 Å². The van der Waals surface area contributed by atoms with Gasteiger partial charge in [-0.2, -0.15) is 5.10 Å². The Morgan fingerprint density at radius 2 is 1.62 bits per heavy atom. The molecule has 0 aromatic heterocycles. The summed E-state index contributed by atoms with van der Waals surface area (Å²) < 4.78 is 6.03. The summed E-state index contributed by atoms with van der Waals surface area (Å²) in [6.45, 7) is 1.84. The van der Waals surface area contributed by atoms with Gasteiger partial charge < -0.3 is 4.74 Å². The second-order valence-electron chi connectivity index (χ2n) is 4.37. The highest BCUT2D eigenvalue weighted by Crippen LogP contribution is 2.12. The highest BCUT2D eigenvalue weighted by atomic mass is 79.9. The zero-order chi connectivity index (χ0) is 15.2. The van der Waals surface area contributed by atoms with Crippen LogP contribution in [0.1, 0.15) is 22.8 Å². The molecule has 4 nitrogen and oxygen atoms in total. The maximum absolute atomic E-state index is 11.9. The summed E-state index contributed by atoms with van der Waals surface area (Å²) >= 11 is 3.33. The number of hydrazone groups is 1. The summed E-state index contributed by atoms with van der Waals surface area (Å²) in [7, 11) is 1.62. The predicted octanol–water partition coefficient (Wildman–Crippen LogP) is 3.61. The van der Waals surface area contributed by atoms with Gasteiger partial charge in [0.1, 0.15) is 5.75 Å². The summed E-state index contributed by atoms with van der Waals surface area (Å²) in [5.41, 5.74) is 4.76. The molecular weight excluding hydrogens is 332 g/mol. The molecule has 0 saturated carbocycles. The molecule has 0 unspecified atom stereocenters. The number of rotatable bonds is 4. The van der Waals surface area contributed by atoms with Gasteiger partial charge in [0, 0.05) is 10.0 Å². The van der Waals surface area contributed by atoms with E-state index in [4.69, 9.17) is 4.74 Å². The lowest BCUT2D eigenvalue weighted by Crippen LogP contribution is -2.19. The van der Waals surface area contributed by atoms with Gasteiger partial charge in [0.15, 0.2) is 0 Å². The van der Waals surface area contributed by atoms with Crippen LogP contribution in [-0.4, -0.2) is 18.7 Å². The molecule has 0 spiro atoms. The summed E-state index contributed by atoms with van der Waals surface area (Å²) in [6, 6.07) is 14.6. The molecule has 2 aromatic carbocycles. The van der Waals surface area contributed by atoms with Crippen molar-refractivity contribution in [2.24, 2.45) is 5.10 Å². The highest BCUT2D eigenvalue weighted by Gasteiger charge is 2.04. The molecule has 5 heteroatoms. The second kappa shape index (κ2) is 7.04. The Morgan fingerprint density at radius 1 is 1.05 bits per heavy atom. The van der Waals surface area contributed by atoms with E-state index in [1.54, 1.807) is 19.2 Å². The minimum atomic E-state index is -0.240. The lowest BCUT2D eigenvalue weighted by molar-refractivity contribution is 0.0955. The van der Waals surface area contributed by atoms with Crippen molar-refractivity contribution in [3.05, 3.63) is 64.1 Å². The maximum Gasteiger partial charge on any atom is 0.271 e. The molecule has 2 aromatic rings. The molecule has 0 atom stereocenters. The van der Waals surface area contributed by atoms with Gasteiger partial charge in [-0.05, 0) is 61.0 Å². The number of carbonyl (C=O) groups is 1. The van der Waals surface area contributed by atoms with Gasteiger partial charge in [-0.15, -0.1) is 0 Å². The Kier molecular flexibility index (Phi) is 5.11.